The fourth-order valence-electron chi connectivity index (χ4n) is 4.53. The summed E-state index contributed by atoms with van der Waals surface area (Å²) in [6.45, 7) is 3.78. The lowest BCUT2D eigenvalue weighted by molar-refractivity contribution is -0.121. The zero-order valence-corrected chi connectivity index (χ0v) is 18.3. The minimum Gasteiger partial charge on any atom is -0.469 e. The second kappa shape index (κ2) is 9.75. The molecule has 1 atom stereocenters. The molecule has 162 valence electrons. The zero-order chi connectivity index (χ0) is 20.9. The number of furan rings is 1. The molecule has 4 rings (SSSR count). The largest absolute Gasteiger partial charge is 0.469 e. The Morgan fingerprint density at radius 1 is 1.23 bits per heavy atom. The van der Waals surface area contributed by atoms with E-state index in [2.05, 4.69) is 20.5 Å². The van der Waals surface area contributed by atoms with E-state index in [1.165, 1.54) is 56.1 Å². The van der Waals surface area contributed by atoms with E-state index in [9.17, 15) is 9.59 Å². The Bertz CT molecular complexity index is 869. The normalized spacial score (nSPS) is 20.8. The maximum absolute atomic E-state index is 12.5. The Kier molecular flexibility index (Phi) is 6.84. The van der Waals surface area contributed by atoms with Gasteiger partial charge in [-0.15, -0.1) is 11.3 Å². The second-order valence-electron chi connectivity index (χ2n) is 8.36. The van der Waals surface area contributed by atoms with Gasteiger partial charge < -0.3 is 9.73 Å². The molecule has 2 aliphatic rings. The molecule has 1 saturated carbocycles. The van der Waals surface area contributed by atoms with Crippen LogP contribution in [0.5, 0.6) is 0 Å². The summed E-state index contributed by atoms with van der Waals surface area (Å²) < 4.78 is 5.16. The van der Waals surface area contributed by atoms with Crippen molar-refractivity contribution in [1.29, 1.82) is 0 Å². The third-order valence-corrected chi connectivity index (χ3v) is 6.95. The standard InChI is InChI=1S/C22H30N4O3S/c1-15-19(9-11-29-15)21(28)25-22-24-17(14-30-22)12-20(27)23-16-8-10-26(13-16)18-6-4-2-3-5-7-18/h9,11,14,16,18H,2-8,10,12-13H2,1H3,(H,23,27)(H,24,25,28). The predicted molar refractivity (Wildman–Crippen MR) is 117 cm³/mol. The summed E-state index contributed by atoms with van der Waals surface area (Å²) in [6.07, 6.45) is 10.7. The maximum atomic E-state index is 12.5. The van der Waals surface area contributed by atoms with Crippen molar-refractivity contribution < 1.29 is 14.0 Å². The average molecular weight is 431 g/mol. The van der Waals surface area contributed by atoms with Crippen molar-refractivity contribution in [2.24, 2.45) is 0 Å². The highest BCUT2D eigenvalue weighted by molar-refractivity contribution is 7.14. The van der Waals surface area contributed by atoms with Crippen molar-refractivity contribution in [3.05, 3.63) is 34.7 Å². The highest BCUT2D eigenvalue weighted by Gasteiger charge is 2.29. The monoisotopic (exact) mass is 430 g/mol. The number of rotatable bonds is 6. The minimum atomic E-state index is -0.254. The number of thiazole rings is 1. The first-order valence-electron chi connectivity index (χ1n) is 10.9. The Morgan fingerprint density at radius 2 is 2.03 bits per heavy atom. The van der Waals surface area contributed by atoms with E-state index in [4.69, 9.17) is 4.42 Å². The molecule has 3 heterocycles. The van der Waals surface area contributed by atoms with Gasteiger partial charge in [0.2, 0.25) is 5.91 Å². The zero-order valence-electron chi connectivity index (χ0n) is 17.5. The van der Waals surface area contributed by atoms with Gasteiger partial charge in [-0.1, -0.05) is 25.7 Å². The molecule has 2 aromatic heterocycles. The van der Waals surface area contributed by atoms with Crippen LogP contribution in [0.4, 0.5) is 5.13 Å². The third kappa shape index (κ3) is 5.29. The van der Waals surface area contributed by atoms with Gasteiger partial charge in [-0.3, -0.25) is 19.8 Å². The molecule has 0 radical (unpaired) electrons. The van der Waals surface area contributed by atoms with Crippen LogP contribution in [-0.4, -0.2) is 46.9 Å². The van der Waals surface area contributed by atoms with E-state index in [1.54, 1.807) is 13.0 Å². The van der Waals surface area contributed by atoms with Crippen molar-refractivity contribution in [2.45, 2.75) is 70.4 Å². The molecule has 7 nitrogen and oxygen atoms in total. The SMILES string of the molecule is Cc1occc1C(=O)Nc1nc(CC(=O)NC2CCN(C3CCCCCC3)C2)cs1. The molecule has 2 aromatic rings. The van der Waals surface area contributed by atoms with E-state index in [0.717, 1.165) is 19.5 Å². The van der Waals surface area contributed by atoms with Gasteiger partial charge in [-0.05, 0) is 32.3 Å². The molecule has 1 aliphatic carbocycles. The van der Waals surface area contributed by atoms with E-state index in [1.807, 2.05) is 5.38 Å². The number of hydrogen-bond donors (Lipinski definition) is 2. The summed E-state index contributed by atoms with van der Waals surface area (Å²) in [6, 6.07) is 2.55. The Labute approximate surface area is 181 Å². The number of amides is 2. The number of nitrogens with one attached hydrogen (secondary N) is 2. The summed E-state index contributed by atoms with van der Waals surface area (Å²) in [7, 11) is 0. The molecule has 8 heteroatoms. The van der Waals surface area contributed by atoms with Crippen LogP contribution in [0.2, 0.25) is 0 Å². The lowest BCUT2D eigenvalue weighted by atomic mass is 10.1. The van der Waals surface area contributed by atoms with Crippen LogP contribution in [-0.2, 0) is 11.2 Å². The highest BCUT2D eigenvalue weighted by atomic mass is 32.1. The van der Waals surface area contributed by atoms with E-state index < -0.39 is 0 Å². The molecule has 2 fully saturated rings. The molecule has 1 saturated heterocycles. The van der Waals surface area contributed by atoms with E-state index in [0.29, 0.717) is 28.2 Å². The molecule has 2 N–H and O–H groups in total. The number of anilines is 1. The Hall–Kier alpha value is -2.19. The molecule has 2 amide bonds. The maximum Gasteiger partial charge on any atom is 0.260 e. The van der Waals surface area contributed by atoms with Gasteiger partial charge >= 0.3 is 0 Å². The fraction of sp³-hybridized carbons (Fsp3) is 0.591. The second-order valence-corrected chi connectivity index (χ2v) is 9.22. The van der Waals surface area contributed by atoms with Gasteiger partial charge in [-0.2, -0.15) is 0 Å². The number of aryl methyl sites for hydroxylation is 1. The first-order valence-corrected chi connectivity index (χ1v) is 11.8. The van der Waals surface area contributed by atoms with E-state index in [-0.39, 0.29) is 24.3 Å². The van der Waals surface area contributed by atoms with Crippen LogP contribution in [0.15, 0.2) is 22.1 Å². The molecule has 0 aromatic carbocycles. The van der Waals surface area contributed by atoms with Gasteiger partial charge in [0.1, 0.15) is 5.76 Å². The molecule has 0 bridgehead atoms. The lowest BCUT2D eigenvalue weighted by Gasteiger charge is -2.26. The molecule has 1 aliphatic heterocycles. The summed E-state index contributed by atoms with van der Waals surface area (Å²) in [4.78, 5) is 31.7. The predicted octanol–water partition coefficient (Wildman–Crippen LogP) is 3.75. The van der Waals surface area contributed by atoms with Gasteiger partial charge in [0.15, 0.2) is 5.13 Å². The average Bonchev–Trinajstić information content (AvgIpc) is 3.40. The lowest BCUT2D eigenvalue weighted by Crippen LogP contribution is -2.40. The van der Waals surface area contributed by atoms with Crippen molar-refractivity contribution in [3.63, 3.8) is 0 Å². The summed E-state index contributed by atoms with van der Waals surface area (Å²) in [5, 5.41) is 8.26. The van der Waals surface area contributed by atoms with Crippen molar-refractivity contribution in [3.8, 4) is 0 Å². The smallest absolute Gasteiger partial charge is 0.260 e. The number of likely N-dealkylation sites (tertiary alicyclic amines) is 1. The van der Waals surface area contributed by atoms with Crippen LogP contribution in [0.3, 0.4) is 0 Å². The number of hydrogen-bond acceptors (Lipinski definition) is 6. The number of carbonyl (C=O) groups is 2. The number of aromatic nitrogens is 1. The van der Waals surface area contributed by atoms with Crippen LogP contribution < -0.4 is 10.6 Å². The summed E-state index contributed by atoms with van der Waals surface area (Å²) in [5.74, 6) is 0.311. The van der Waals surface area contributed by atoms with Gasteiger partial charge in [0.25, 0.3) is 5.91 Å². The minimum absolute atomic E-state index is 0.00317. The van der Waals surface area contributed by atoms with E-state index >= 15 is 0 Å². The molecule has 0 spiro atoms. The Balaban J connectivity index is 1.24. The first kappa shape index (κ1) is 21.1. The number of carbonyl (C=O) groups excluding carboxylic acids is 2. The van der Waals surface area contributed by atoms with Crippen molar-refractivity contribution in [1.82, 2.24) is 15.2 Å². The van der Waals surface area contributed by atoms with Crippen LogP contribution >= 0.6 is 11.3 Å². The van der Waals surface area contributed by atoms with Gasteiger partial charge in [0, 0.05) is 30.6 Å². The molecule has 1 unspecified atom stereocenters. The Morgan fingerprint density at radius 3 is 2.77 bits per heavy atom. The van der Waals surface area contributed by atoms with Crippen LogP contribution in [0.1, 0.15) is 66.8 Å². The van der Waals surface area contributed by atoms with Gasteiger partial charge in [0.05, 0.1) is 23.9 Å². The molecular formula is C22H30N4O3S. The fourth-order valence-corrected chi connectivity index (χ4v) is 5.24. The molecule has 30 heavy (non-hydrogen) atoms. The third-order valence-electron chi connectivity index (χ3n) is 6.14. The quantitative estimate of drug-likeness (QED) is 0.682. The van der Waals surface area contributed by atoms with Crippen molar-refractivity contribution >= 4 is 28.3 Å². The van der Waals surface area contributed by atoms with Crippen LogP contribution in [0.25, 0.3) is 0 Å². The number of nitrogens with zero attached hydrogens (tertiary/aromatic N) is 2. The summed E-state index contributed by atoms with van der Waals surface area (Å²) >= 11 is 1.32. The van der Waals surface area contributed by atoms with Crippen molar-refractivity contribution in [2.75, 3.05) is 18.4 Å². The van der Waals surface area contributed by atoms with Crippen LogP contribution in [0, 0.1) is 6.92 Å². The highest BCUT2D eigenvalue weighted by Crippen LogP contribution is 2.25. The van der Waals surface area contributed by atoms with Gasteiger partial charge in [-0.25, -0.2) is 4.98 Å². The molecular weight excluding hydrogens is 400 g/mol. The topological polar surface area (TPSA) is 87.5 Å². The first-order chi connectivity index (χ1) is 14.6. The summed E-state index contributed by atoms with van der Waals surface area (Å²) in [5.41, 5.74) is 1.17.